The number of allylic oxidation sites excluding steroid dienone is 2. The molecule has 5 rings (SSSR count). The second-order valence-corrected chi connectivity index (χ2v) is 10.5. The van der Waals surface area contributed by atoms with E-state index in [1.54, 1.807) is 37.0 Å². The molecule has 0 aromatic carbocycles. The fourth-order valence-electron chi connectivity index (χ4n) is 4.69. The number of hydrogen-bond donors (Lipinski definition) is 3. The van der Waals surface area contributed by atoms with Crippen LogP contribution in [0.4, 0.5) is 11.4 Å². The molecule has 1 fully saturated rings. The van der Waals surface area contributed by atoms with E-state index in [-0.39, 0.29) is 36.8 Å². The number of ether oxygens (including phenoxy) is 2. The van der Waals surface area contributed by atoms with Crippen LogP contribution in [0.25, 0.3) is 10.4 Å². The minimum atomic E-state index is -0.308. The molecule has 2 aliphatic rings. The monoisotopic (exact) mass is 537 g/mol. The van der Waals surface area contributed by atoms with Gasteiger partial charge in [0.05, 0.1) is 58.7 Å². The lowest BCUT2D eigenvalue weighted by molar-refractivity contribution is -0.121. The number of aryl methyl sites for hydroxylation is 1. The van der Waals surface area contributed by atoms with Gasteiger partial charge in [-0.15, -0.1) is 11.3 Å². The summed E-state index contributed by atoms with van der Waals surface area (Å²) in [5.41, 5.74) is 3.07. The first-order chi connectivity index (χ1) is 18.3. The first kappa shape index (κ1) is 26.0. The number of hydrogen-bond acceptors (Lipinski definition) is 9. The van der Waals surface area contributed by atoms with E-state index in [1.165, 1.54) is 11.3 Å². The molecule has 0 saturated carbocycles. The summed E-state index contributed by atoms with van der Waals surface area (Å²) < 4.78 is 12.9. The summed E-state index contributed by atoms with van der Waals surface area (Å²) in [6.07, 6.45) is 10.6. The molecule has 5 heterocycles. The van der Waals surface area contributed by atoms with E-state index < -0.39 is 0 Å². The van der Waals surface area contributed by atoms with Crippen molar-refractivity contribution in [2.75, 3.05) is 37.4 Å². The number of amides is 2. The van der Waals surface area contributed by atoms with Crippen LogP contribution in [0, 0.1) is 6.92 Å². The molecule has 3 aromatic heterocycles. The van der Waals surface area contributed by atoms with Gasteiger partial charge in [0.2, 0.25) is 5.91 Å². The second kappa shape index (κ2) is 11.0. The lowest BCUT2D eigenvalue weighted by Crippen LogP contribution is -2.48. The molecule has 1 saturated heterocycles. The van der Waals surface area contributed by atoms with Crippen molar-refractivity contribution in [1.82, 2.24) is 24.8 Å². The van der Waals surface area contributed by atoms with Crippen LogP contribution in [0.15, 0.2) is 43.0 Å². The molecule has 1 unspecified atom stereocenters. The van der Waals surface area contributed by atoms with Crippen LogP contribution in [0.2, 0.25) is 0 Å². The maximum Gasteiger partial charge on any atom is 0.260 e. The first-order valence-corrected chi connectivity index (χ1v) is 13.2. The van der Waals surface area contributed by atoms with Crippen molar-refractivity contribution in [3.63, 3.8) is 0 Å². The number of thiazole rings is 1. The summed E-state index contributed by atoms with van der Waals surface area (Å²) >= 11 is 1.46. The van der Waals surface area contributed by atoms with Gasteiger partial charge in [0.15, 0.2) is 6.23 Å². The molecule has 0 spiro atoms. The summed E-state index contributed by atoms with van der Waals surface area (Å²) in [6.45, 7) is 7.47. The van der Waals surface area contributed by atoms with Gasteiger partial charge in [0.25, 0.3) is 5.91 Å². The molecule has 0 bridgehead atoms. The summed E-state index contributed by atoms with van der Waals surface area (Å²) in [4.78, 5) is 34.0. The van der Waals surface area contributed by atoms with Gasteiger partial charge in [-0.2, -0.15) is 5.10 Å². The van der Waals surface area contributed by atoms with Gasteiger partial charge in [0, 0.05) is 32.0 Å². The Kier molecular flexibility index (Phi) is 7.56. The molecule has 2 amide bonds. The average molecular weight is 538 g/mol. The van der Waals surface area contributed by atoms with Gasteiger partial charge in [-0.25, -0.2) is 4.52 Å². The van der Waals surface area contributed by atoms with Gasteiger partial charge in [0.1, 0.15) is 4.83 Å². The highest BCUT2D eigenvalue weighted by Gasteiger charge is 2.24. The van der Waals surface area contributed by atoms with E-state index in [1.807, 2.05) is 38.4 Å². The maximum absolute atomic E-state index is 13.3. The van der Waals surface area contributed by atoms with Crippen LogP contribution in [0.3, 0.4) is 0 Å². The number of pyridine rings is 1. The Balaban J connectivity index is 1.28. The highest BCUT2D eigenvalue weighted by atomic mass is 32.1. The molecule has 3 atom stereocenters. The number of nitrogens with one attached hydrogen (secondary N) is 3. The number of anilines is 2. The van der Waals surface area contributed by atoms with Crippen molar-refractivity contribution >= 4 is 44.9 Å². The summed E-state index contributed by atoms with van der Waals surface area (Å²) in [7, 11) is 1.64. The van der Waals surface area contributed by atoms with Crippen LogP contribution in [0.5, 0.6) is 0 Å². The number of aromatic nitrogens is 3. The Morgan fingerprint density at radius 1 is 1.24 bits per heavy atom. The zero-order valence-electron chi connectivity index (χ0n) is 21.7. The molecule has 38 heavy (non-hydrogen) atoms. The number of rotatable bonds is 7. The smallest absolute Gasteiger partial charge is 0.260 e. The molecule has 3 aromatic rings. The van der Waals surface area contributed by atoms with E-state index in [2.05, 4.69) is 30.9 Å². The molecule has 200 valence electrons. The largest absolute Gasteiger partial charge is 0.373 e. The quantitative estimate of drug-likeness (QED) is 0.421. The Morgan fingerprint density at radius 2 is 2.03 bits per heavy atom. The van der Waals surface area contributed by atoms with Gasteiger partial charge in [-0.3, -0.25) is 19.5 Å². The zero-order valence-corrected chi connectivity index (χ0v) is 22.5. The molecule has 3 N–H and O–H groups in total. The van der Waals surface area contributed by atoms with Crippen molar-refractivity contribution < 1.29 is 19.1 Å². The molecule has 12 heteroatoms. The topological polar surface area (TPSA) is 122 Å². The minimum absolute atomic E-state index is 0.0819. The van der Waals surface area contributed by atoms with Gasteiger partial charge < -0.3 is 25.4 Å². The summed E-state index contributed by atoms with van der Waals surface area (Å²) in [5.74, 6) is -0.452. The summed E-state index contributed by atoms with van der Waals surface area (Å²) in [5, 5.41) is 13.3. The number of methoxy groups -OCH3 is 1. The molecule has 0 aliphatic carbocycles. The maximum atomic E-state index is 13.3. The zero-order chi connectivity index (χ0) is 26.8. The SMILES string of the molecule is COC1NC=CC=C1c1cn2ncc(C(=O)Nc3cc(NC(=O)CN4C[C@H](C)O[C@@H](C)C4)cnc3C)c2s1. The highest BCUT2D eigenvalue weighted by Crippen LogP contribution is 2.31. The fourth-order valence-corrected chi connectivity index (χ4v) is 5.79. The van der Waals surface area contributed by atoms with Crippen LogP contribution in [-0.4, -0.2) is 76.5 Å². The van der Waals surface area contributed by atoms with Crippen LogP contribution in [0.1, 0.15) is 34.8 Å². The summed E-state index contributed by atoms with van der Waals surface area (Å²) in [6, 6.07) is 1.72. The number of nitrogens with zero attached hydrogens (tertiary/aromatic N) is 4. The third kappa shape index (κ3) is 5.63. The predicted octanol–water partition coefficient (Wildman–Crippen LogP) is 2.87. The van der Waals surface area contributed by atoms with Gasteiger partial charge in [-0.05, 0) is 39.1 Å². The Bertz CT molecular complexity index is 1400. The predicted molar refractivity (Wildman–Crippen MR) is 146 cm³/mol. The minimum Gasteiger partial charge on any atom is -0.373 e. The van der Waals surface area contributed by atoms with Crippen molar-refractivity contribution in [2.45, 2.75) is 39.2 Å². The Morgan fingerprint density at radius 3 is 2.79 bits per heavy atom. The molecule has 0 radical (unpaired) electrons. The van der Waals surface area contributed by atoms with Gasteiger partial charge in [-0.1, -0.05) is 6.08 Å². The second-order valence-electron chi connectivity index (χ2n) is 9.48. The van der Waals surface area contributed by atoms with Crippen molar-refractivity contribution in [3.8, 4) is 0 Å². The normalized spacial score (nSPS) is 21.7. The fraction of sp³-hybridized carbons (Fsp3) is 0.385. The number of morpholine rings is 1. The van der Waals surface area contributed by atoms with Crippen molar-refractivity contribution in [1.29, 1.82) is 0 Å². The van der Waals surface area contributed by atoms with Crippen molar-refractivity contribution in [2.24, 2.45) is 0 Å². The lowest BCUT2D eigenvalue weighted by Gasteiger charge is -2.34. The highest BCUT2D eigenvalue weighted by molar-refractivity contribution is 7.18. The average Bonchev–Trinajstić information content (AvgIpc) is 3.46. The number of carbonyl (C=O) groups excluding carboxylic acids is 2. The third-order valence-electron chi connectivity index (χ3n) is 6.34. The number of dihydropyridines is 1. The molecular weight excluding hydrogens is 506 g/mol. The number of carbonyl (C=O) groups is 2. The van der Waals surface area contributed by atoms with Gasteiger partial charge >= 0.3 is 0 Å². The van der Waals surface area contributed by atoms with Crippen LogP contribution < -0.4 is 16.0 Å². The lowest BCUT2D eigenvalue weighted by atomic mass is 10.1. The van der Waals surface area contributed by atoms with E-state index in [0.717, 1.165) is 10.5 Å². The first-order valence-electron chi connectivity index (χ1n) is 12.4. The van der Waals surface area contributed by atoms with Crippen molar-refractivity contribution in [3.05, 3.63) is 59.1 Å². The Labute approximate surface area is 224 Å². The van der Waals surface area contributed by atoms with E-state index in [4.69, 9.17) is 9.47 Å². The van der Waals surface area contributed by atoms with E-state index in [9.17, 15) is 9.59 Å². The standard InChI is InChI=1S/C26H31N7O4S/c1-15-11-32(12-16(2)37-15)14-23(34)30-18-8-21(17(3)28-9-18)31-24(35)20-10-29-33-13-22(38-26(20)33)19-6-5-7-27-25(19)36-4/h5-10,13,15-16,25,27H,11-12,14H2,1-4H3,(H,30,34)(H,31,35)/t15-,16-,25?/m0/s1. The molecule has 2 aliphatic heterocycles. The Hall–Kier alpha value is -3.58. The number of fused-ring (bicyclic) bond motifs is 1. The van der Waals surface area contributed by atoms with E-state index in [0.29, 0.717) is 40.6 Å². The molecule has 11 nitrogen and oxygen atoms in total. The third-order valence-corrected chi connectivity index (χ3v) is 7.51. The molecular formula is C26H31N7O4S. The van der Waals surface area contributed by atoms with Crippen LogP contribution in [-0.2, 0) is 14.3 Å². The van der Waals surface area contributed by atoms with E-state index >= 15 is 0 Å². The van der Waals surface area contributed by atoms with Crippen LogP contribution >= 0.6 is 11.3 Å².